The molecule has 1 unspecified atom stereocenters. The van der Waals surface area contributed by atoms with Gasteiger partial charge in [-0.25, -0.2) is 0 Å². The van der Waals surface area contributed by atoms with E-state index >= 15 is 0 Å². The molecule has 0 aliphatic carbocycles. The third-order valence-corrected chi connectivity index (χ3v) is 4.48. The Kier molecular flexibility index (Phi) is 8.44. The smallest absolute Gasteiger partial charge is 0.254 e. The summed E-state index contributed by atoms with van der Waals surface area (Å²) in [5.74, 6) is -0.116. The van der Waals surface area contributed by atoms with Gasteiger partial charge in [0.05, 0.1) is 13.0 Å². The van der Waals surface area contributed by atoms with E-state index in [2.05, 4.69) is 10.6 Å². The Balaban J connectivity index is 0.00000280. The van der Waals surface area contributed by atoms with Gasteiger partial charge in [0.2, 0.25) is 5.91 Å². The molecule has 1 fully saturated rings. The highest BCUT2D eigenvalue weighted by atomic mass is 35.5. The molecule has 0 radical (unpaired) electrons. The molecule has 150 valence electrons. The van der Waals surface area contributed by atoms with Crippen molar-refractivity contribution >= 4 is 35.6 Å². The molecule has 0 bridgehead atoms. The van der Waals surface area contributed by atoms with Gasteiger partial charge < -0.3 is 20.3 Å². The minimum atomic E-state index is -0.469. The average molecular weight is 404 g/mol. The quantitative estimate of drug-likeness (QED) is 0.777. The van der Waals surface area contributed by atoms with Crippen LogP contribution in [-0.4, -0.2) is 44.2 Å². The summed E-state index contributed by atoms with van der Waals surface area (Å²) in [6.45, 7) is 4.40. The number of para-hydroxylation sites is 1. The molecule has 2 aromatic carbocycles. The maximum atomic E-state index is 12.6. The Bertz CT molecular complexity index is 762. The maximum absolute atomic E-state index is 12.6. The number of morpholine rings is 1. The molecule has 0 saturated carbocycles. The molecule has 1 aliphatic rings. The molecular weight excluding hydrogens is 378 g/mol. The minimum Gasteiger partial charge on any atom is -0.366 e. The normalized spacial score (nSPS) is 16.0. The molecule has 6 nitrogen and oxygen atoms in total. The molecule has 1 saturated heterocycles. The van der Waals surface area contributed by atoms with Crippen LogP contribution < -0.4 is 15.5 Å². The lowest BCUT2D eigenvalue weighted by atomic mass is 10.1. The van der Waals surface area contributed by atoms with Crippen molar-refractivity contribution in [2.45, 2.75) is 19.4 Å². The second kappa shape index (κ2) is 10.8. The first-order valence-electron chi connectivity index (χ1n) is 9.25. The summed E-state index contributed by atoms with van der Waals surface area (Å²) in [4.78, 5) is 26.6. The van der Waals surface area contributed by atoms with Crippen LogP contribution in [0.3, 0.4) is 0 Å². The van der Waals surface area contributed by atoms with Crippen LogP contribution in [0.25, 0.3) is 0 Å². The van der Waals surface area contributed by atoms with Crippen LogP contribution in [0.4, 0.5) is 11.4 Å². The van der Waals surface area contributed by atoms with E-state index in [-0.39, 0.29) is 24.2 Å². The van der Waals surface area contributed by atoms with E-state index in [0.717, 1.165) is 17.8 Å². The van der Waals surface area contributed by atoms with Gasteiger partial charge in [0.1, 0.15) is 6.10 Å². The third-order valence-electron chi connectivity index (χ3n) is 4.48. The highest BCUT2D eigenvalue weighted by Crippen LogP contribution is 2.16. The van der Waals surface area contributed by atoms with Gasteiger partial charge in [-0.3, -0.25) is 9.59 Å². The fraction of sp³-hybridized carbons (Fsp3) is 0.333. The summed E-state index contributed by atoms with van der Waals surface area (Å²) in [6, 6.07) is 17.0. The van der Waals surface area contributed by atoms with Crippen molar-refractivity contribution in [2.24, 2.45) is 0 Å². The van der Waals surface area contributed by atoms with Gasteiger partial charge in [-0.2, -0.15) is 0 Å². The van der Waals surface area contributed by atoms with Gasteiger partial charge in [-0.15, -0.1) is 12.4 Å². The largest absolute Gasteiger partial charge is 0.366 e. The van der Waals surface area contributed by atoms with E-state index < -0.39 is 6.10 Å². The first-order chi connectivity index (χ1) is 13.2. The topological polar surface area (TPSA) is 70.7 Å². The van der Waals surface area contributed by atoms with Crippen LogP contribution in [0.2, 0.25) is 0 Å². The highest BCUT2D eigenvalue weighted by molar-refractivity contribution is 5.95. The number of rotatable bonds is 6. The number of amides is 2. The fourth-order valence-corrected chi connectivity index (χ4v) is 3.04. The molecular formula is C21H26ClN3O3. The van der Waals surface area contributed by atoms with E-state index in [1.807, 2.05) is 61.5 Å². The lowest BCUT2D eigenvalue weighted by Gasteiger charge is -2.23. The fourth-order valence-electron chi connectivity index (χ4n) is 3.04. The molecule has 1 heterocycles. The summed E-state index contributed by atoms with van der Waals surface area (Å²) in [7, 11) is 0. The number of benzene rings is 2. The van der Waals surface area contributed by atoms with Crippen LogP contribution in [0.1, 0.15) is 12.5 Å². The van der Waals surface area contributed by atoms with Crippen LogP contribution in [0, 0.1) is 0 Å². The third kappa shape index (κ3) is 5.79. The SMILES string of the molecule is CCN(C(=O)Cc1ccc(NC(=O)C2CNCCO2)cc1)c1ccccc1.Cl. The number of halogens is 1. The molecule has 3 rings (SSSR count). The molecule has 1 aliphatic heterocycles. The summed E-state index contributed by atoms with van der Waals surface area (Å²) in [5.41, 5.74) is 2.50. The summed E-state index contributed by atoms with van der Waals surface area (Å²) in [5, 5.41) is 5.99. The number of anilines is 2. The predicted molar refractivity (Wildman–Crippen MR) is 113 cm³/mol. The molecule has 2 aromatic rings. The molecule has 28 heavy (non-hydrogen) atoms. The molecule has 2 N–H and O–H groups in total. The van der Waals surface area contributed by atoms with Gasteiger partial charge in [0.25, 0.3) is 5.91 Å². The van der Waals surface area contributed by atoms with E-state index in [0.29, 0.717) is 31.8 Å². The van der Waals surface area contributed by atoms with Crippen molar-refractivity contribution < 1.29 is 14.3 Å². The Labute approximate surface area is 171 Å². The van der Waals surface area contributed by atoms with Crippen molar-refractivity contribution in [3.63, 3.8) is 0 Å². The Hall–Kier alpha value is -2.41. The van der Waals surface area contributed by atoms with Crippen LogP contribution in [0.5, 0.6) is 0 Å². The van der Waals surface area contributed by atoms with E-state index in [1.165, 1.54) is 0 Å². The van der Waals surface area contributed by atoms with Crippen LogP contribution in [-0.2, 0) is 20.7 Å². The van der Waals surface area contributed by atoms with Crippen molar-refractivity contribution in [3.8, 4) is 0 Å². The van der Waals surface area contributed by atoms with Crippen LogP contribution in [0.15, 0.2) is 54.6 Å². The van der Waals surface area contributed by atoms with Gasteiger partial charge in [0, 0.05) is 31.0 Å². The zero-order valence-electron chi connectivity index (χ0n) is 15.9. The number of nitrogens with one attached hydrogen (secondary N) is 2. The number of carbonyl (C=O) groups is 2. The van der Waals surface area contributed by atoms with Gasteiger partial charge >= 0.3 is 0 Å². The average Bonchev–Trinajstić information content (AvgIpc) is 2.71. The second-order valence-electron chi connectivity index (χ2n) is 6.40. The Morgan fingerprint density at radius 2 is 1.86 bits per heavy atom. The molecule has 0 aromatic heterocycles. The number of nitrogens with zero attached hydrogens (tertiary/aromatic N) is 1. The summed E-state index contributed by atoms with van der Waals surface area (Å²) >= 11 is 0. The first kappa shape index (κ1) is 21.9. The Morgan fingerprint density at radius 3 is 2.46 bits per heavy atom. The van der Waals surface area contributed by atoms with Crippen molar-refractivity contribution in [1.29, 1.82) is 0 Å². The van der Waals surface area contributed by atoms with Crippen molar-refractivity contribution in [1.82, 2.24) is 5.32 Å². The molecule has 7 heteroatoms. The number of hydrogen-bond acceptors (Lipinski definition) is 4. The predicted octanol–water partition coefficient (Wildman–Crippen LogP) is 2.63. The lowest BCUT2D eigenvalue weighted by molar-refractivity contribution is -0.128. The van der Waals surface area contributed by atoms with Crippen molar-refractivity contribution in [2.75, 3.05) is 36.5 Å². The van der Waals surface area contributed by atoms with Gasteiger partial charge in [-0.1, -0.05) is 30.3 Å². The standard InChI is InChI=1S/C21H25N3O3.ClH/c1-2-24(18-6-4-3-5-7-18)20(25)14-16-8-10-17(11-9-16)23-21(26)19-15-22-12-13-27-19;/h3-11,19,22H,2,12-15H2,1H3,(H,23,26);1H. The maximum Gasteiger partial charge on any atom is 0.254 e. The van der Waals surface area contributed by atoms with E-state index in [9.17, 15) is 9.59 Å². The van der Waals surface area contributed by atoms with Crippen molar-refractivity contribution in [3.05, 3.63) is 60.2 Å². The molecule has 2 amide bonds. The van der Waals surface area contributed by atoms with Gasteiger partial charge in [-0.05, 0) is 36.8 Å². The number of carbonyl (C=O) groups excluding carboxylic acids is 2. The summed E-state index contributed by atoms with van der Waals surface area (Å²) in [6.07, 6.45) is -0.156. The molecule has 0 spiro atoms. The van der Waals surface area contributed by atoms with Gasteiger partial charge in [0.15, 0.2) is 0 Å². The first-order valence-corrected chi connectivity index (χ1v) is 9.25. The lowest BCUT2D eigenvalue weighted by Crippen LogP contribution is -2.45. The zero-order chi connectivity index (χ0) is 19.1. The monoisotopic (exact) mass is 403 g/mol. The van der Waals surface area contributed by atoms with E-state index in [1.54, 1.807) is 4.90 Å². The minimum absolute atomic E-state index is 0. The zero-order valence-corrected chi connectivity index (χ0v) is 16.7. The second-order valence-corrected chi connectivity index (χ2v) is 6.40. The highest BCUT2D eigenvalue weighted by Gasteiger charge is 2.21. The Morgan fingerprint density at radius 1 is 1.14 bits per heavy atom. The number of likely N-dealkylation sites (N-methyl/N-ethyl adjacent to an activating group) is 1. The summed E-state index contributed by atoms with van der Waals surface area (Å²) < 4.78 is 5.44. The number of ether oxygens (including phenoxy) is 1. The van der Waals surface area contributed by atoms with E-state index in [4.69, 9.17) is 4.74 Å². The number of hydrogen-bond donors (Lipinski definition) is 2. The molecule has 1 atom stereocenters. The van der Waals surface area contributed by atoms with Crippen LogP contribution >= 0.6 is 12.4 Å².